The van der Waals surface area contributed by atoms with Crippen LogP contribution in [0, 0.1) is 0 Å². The third kappa shape index (κ3) is 2.88. The molecule has 1 amide bonds. The number of carbonyl (C=O) groups is 1. The van der Waals surface area contributed by atoms with Crippen LogP contribution in [-0.4, -0.2) is 64.3 Å². The van der Waals surface area contributed by atoms with Crippen LogP contribution in [0.5, 0.6) is 0 Å². The summed E-state index contributed by atoms with van der Waals surface area (Å²) >= 11 is 0. The number of morpholine rings is 1. The standard InChI is InChI=1S/C16H21N5O2/c22-16(19-7-2-1-3-8-19)13-12-20(10-11-23-13)14-5-9-21-15(18-14)4-6-17-21/h4-6,9,13H,1-3,7-8,10-12H2. The number of piperidine rings is 1. The van der Waals surface area contributed by atoms with Gasteiger partial charge in [0.25, 0.3) is 5.91 Å². The van der Waals surface area contributed by atoms with Crippen LogP contribution in [0.4, 0.5) is 5.82 Å². The Labute approximate surface area is 134 Å². The molecule has 2 aromatic heterocycles. The van der Waals surface area contributed by atoms with E-state index in [1.165, 1.54) is 6.42 Å². The van der Waals surface area contributed by atoms with Gasteiger partial charge in [-0.1, -0.05) is 0 Å². The third-order valence-corrected chi connectivity index (χ3v) is 4.58. The molecule has 0 N–H and O–H groups in total. The molecule has 1 atom stereocenters. The topological polar surface area (TPSA) is 63.0 Å². The average Bonchev–Trinajstić information content (AvgIpc) is 3.09. The number of carbonyl (C=O) groups excluding carboxylic acids is 1. The molecular formula is C16H21N5O2. The number of rotatable bonds is 2. The summed E-state index contributed by atoms with van der Waals surface area (Å²) in [5, 5.41) is 4.16. The molecule has 2 saturated heterocycles. The van der Waals surface area contributed by atoms with Gasteiger partial charge in [-0.05, 0) is 25.3 Å². The summed E-state index contributed by atoms with van der Waals surface area (Å²) in [5.74, 6) is 0.998. The second-order valence-electron chi connectivity index (χ2n) is 6.11. The van der Waals surface area contributed by atoms with Gasteiger partial charge in [0, 0.05) is 31.9 Å². The van der Waals surface area contributed by atoms with E-state index in [9.17, 15) is 4.79 Å². The van der Waals surface area contributed by atoms with Crippen LogP contribution in [-0.2, 0) is 9.53 Å². The monoisotopic (exact) mass is 315 g/mol. The normalized spacial score (nSPS) is 22.5. The second kappa shape index (κ2) is 6.16. The Hall–Kier alpha value is -2.15. The predicted octanol–water partition coefficient (Wildman–Crippen LogP) is 0.947. The number of ether oxygens (including phenoxy) is 1. The third-order valence-electron chi connectivity index (χ3n) is 4.58. The maximum atomic E-state index is 12.6. The Morgan fingerprint density at radius 3 is 2.91 bits per heavy atom. The van der Waals surface area contributed by atoms with Gasteiger partial charge in [-0.15, -0.1) is 0 Å². The minimum Gasteiger partial charge on any atom is -0.365 e. The van der Waals surface area contributed by atoms with Gasteiger partial charge < -0.3 is 14.5 Å². The van der Waals surface area contributed by atoms with Gasteiger partial charge in [-0.25, -0.2) is 9.50 Å². The van der Waals surface area contributed by atoms with E-state index in [2.05, 4.69) is 15.0 Å². The average molecular weight is 315 g/mol. The number of fused-ring (bicyclic) bond motifs is 1. The summed E-state index contributed by atoms with van der Waals surface area (Å²) in [6.45, 7) is 3.58. The molecule has 122 valence electrons. The molecule has 2 fully saturated rings. The van der Waals surface area contributed by atoms with E-state index in [1.54, 1.807) is 10.7 Å². The van der Waals surface area contributed by atoms with Gasteiger partial charge >= 0.3 is 0 Å². The molecular weight excluding hydrogens is 294 g/mol. The first-order valence-electron chi connectivity index (χ1n) is 8.27. The molecule has 0 radical (unpaired) electrons. The van der Waals surface area contributed by atoms with Crippen LogP contribution < -0.4 is 4.90 Å². The molecule has 23 heavy (non-hydrogen) atoms. The lowest BCUT2D eigenvalue weighted by molar-refractivity contribution is -0.145. The van der Waals surface area contributed by atoms with Crippen LogP contribution in [0.2, 0.25) is 0 Å². The quantitative estimate of drug-likeness (QED) is 0.825. The fourth-order valence-corrected chi connectivity index (χ4v) is 3.30. The van der Waals surface area contributed by atoms with Crippen LogP contribution in [0.1, 0.15) is 19.3 Å². The van der Waals surface area contributed by atoms with Crippen LogP contribution >= 0.6 is 0 Å². The van der Waals surface area contributed by atoms with Gasteiger partial charge in [0.2, 0.25) is 0 Å². The van der Waals surface area contributed by atoms with Crippen molar-refractivity contribution in [3.05, 3.63) is 24.5 Å². The minimum atomic E-state index is -0.384. The van der Waals surface area contributed by atoms with Crippen molar-refractivity contribution in [2.45, 2.75) is 25.4 Å². The van der Waals surface area contributed by atoms with E-state index in [1.807, 2.05) is 23.2 Å². The number of hydrogen-bond acceptors (Lipinski definition) is 5. The van der Waals surface area contributed by atoms with Crippen molar-refractivity contribution in [2.24, 2.45) is 0 Å². The number of amides is 1. The van der Waals surface area contributed by atoms with E-state index in [-0.39, 0.29) is 12.0 Å². The molecule has 0 bridgehead atoms. The summed E-state index contributed by atoms with van der Waals surface area (Å²) in [7, 11) is 0. The fourth-order valence-electron chi connectivity index (χ4n) is 3.30. The summed E-state index contributed by atoms with van der Waals surface area (Å²) < 4.78 is 7.48. The van der Waals surface area contributed by atoms with Crippen molar-refractivity contribution in [2.75, 3.05) is 37.7 Å². The summed E-state index contributed by atoms with van der Waals surface area (Å²) in [4.78, 5) is 21.3. The van der Waals surface area contributed by atoms with Crippen molar-refractivity contribution >= 4 is 17.4 Å². The minimum absolute atomic E-state index is 0.125. The van der Waals surface area contributed by atoms with Gasteiger partial charge in [-0.3, -0.25) is 4.79 Å². The van der Waals surface area contributed by atoms with E-state index in [0.29, 0.717) is 13.2 Å². The molecule has 2 aliphatic rings. The lowest BCUT2D eigenvalue weighted by Crippen LogP contribution is -2.52. The van der Waals surface area contributed by atoms with Gasteiger partial charge in [-0.2, -0.15) is 5.10 Å². The molecule has 0 saturated carbocycles. The smallest absolute Gasteiger partial charge is 0.253 e. The van der Waals surface area contributed by atoms with Crippen molar-refractivity contribution in [1.82, 2.24) is 19.5 Å². The largest absolute Gasteiger partial charge is 0.365 e. The van der Waals surface area contributed by atoms with E-state index >= 15 is 0 Å². The van der Waals surface area contributed by atoms with E-state index in [4.69, 9.17) is 4.74 Å². The first-order chi connectivity index (χ1) is 11.3. The molecule has 2 aliphatic heterocycles. The lowest BCUT2D eigenvalue weighted by Gasteiger charge is -2.36. The molecule has 0 aliphatic carbocycles. The highest BCUT2D eigenvalue weighted by molar-refractivity contribution is 5.82. The van der Waals surface area contributed by atoms with Crippen LogP contribution in [0.25, 0.3) is 5.65 Å². The Kier molecular flexibility index (Phi) is 3.87. The number of aromatic nitrogens is 3. The zero-order chi connectivity index (χ0) is 15.6. The van der Waals surface area contributed by atoms with Crippen molar-refractivity contribution < 1.29 is 9.53 Å². The molecule has 4 rings (SSSR count). The molecule has 7 heteroatoms. The summed E-state index contributed by atoms with van der Waals surface area (Å²) in [6, 6.07) is 3.81. The molecule has 7 nitrogen and oxygen atoms in total. The van der Waals surface area contributed by atoms with Crippen LogP contribution in [0.15, 0.2) is 24.5 Å². The highest BCUT2D eigenvalue weighted by atomic mass is 16.5. The van der Waals surface area contributed by atoms with Gasteiger partial charge in [0.1, 0.15) is 5.82 Å². The molecule has 2 aromatic rings. The predicted molar refractivity (Wildman–Crippen MR) is 85.4 cm³/mol. The molecule has 4 heterocycles. The van der Waals surface area contributed by atoms with E-state index in [0.717, 1.165) is 43.9 Å². The lowest BCUT2D eigenvalue weighted by atomic mass is 10.1. The highest BCUT2D eigenvalue weighted by Crippen LogP contribution is 2.18. The van der Waals surface area contributed by atoms with Gasteiger partial charge in [0.15, 0.2) is 11.8 Å². The molecule has 0 spiro atoms. The van der Waals surface area contributed by atoms with Crippen LogP contribution in [0.3, 0.4) is 0 Å². The Morgan fingerprint density at radius 1 is 1.17 bits per heavy atom. The SMILES string of the molecule is O=C(C1CN(c2ccn3nccc3n2)CCO1)N1CCCCC1. The first kappa shape index (κ1) is 14.4. The van der Waals surface area contributed by atoms with E-state index < -0.39 is 0 Å². The van der Waals surface area contributed by atoms with Crippen molar-refractivity contribution in [3.8, 4) is 0 Å². The fraction of sp³-hybridized carbons (Fsp3) is 0.562. The van der Waals surface area contributed by atoms with Gasteiger partial charge in [0.05, 0.1) is 19.3 Å². The van der Waals surface area contributed by atoms with Crippen molar-refractivity contribution in [1.29, 1.82) is 0 Å². The maximum absolute atomic E-state index is 12.6. The maximum Gasteiger partial charge on any atom is 0.253 e. The zero-order valence-electron chi connectivity index (χ0n) is 13.1. The Morgan fingerprint density at radius 2 is 2.04 bits per heavy atom. The highest BCUT2D eigenvalue weighted by Gasteiger charge is 2.31. The Balaban J connectivity index is 1.48. The zero-order valence-corrected chi connectivity index (χ0v) is 13.1. The number of nitrogens with zero attached hydrogens (tertiary/aromatic N) is 5. The second-order valence-corrected chi connectivity index (χ2v) is 6.11. The molecule has 1 unspecified atom stereocenters. The number of likely N-dealkylation sites (tertiary alicyclic amines) is 1. The van der Waals surface area contributed by atoms with Crippen molar-refractivity contribution in [3.63, 3.8) is 0 Å². The number of hydrogen-bond donors (Lipinski definition) is 0. The molecule has 0 aromatic carbocycles. The summed E-state index contributed by atoms with van der Waals surface area (Å²) in [5.41, 5.74) is 0.813. The Bertz CT molecular complexity index is 695. The first-order valence-corrected chi connectivity index (χ1v) is 8.27. The summed E-state index contributed by atoms with van der Waals surface area (Å²) in [6.07, 6.45) is 6.66. The number of anilines is 1.